The fourth-order valence-electron chi connectivity index (χ4n) is 2.87. The summed E-state index contributed by atoms with van der Waals surface area (Å²) in [5.41, 5.74) is 2.60. The Morgan fingerprint density at radius 1 is 1.37 bits per heavy atom. The van der Waals surface area contributed by atoms with Crippen molar-refractivity contribution in [1.82, 2.24) is 20.0 Å². The van der Waals surface area contributed by atoms with Gasteiger partial charge >= 0.3 is 0 Å². The average Bonchev–Trinajstić information content (AvgIpc) is 2.62. The molecule has 1 unspecified atom stereocenters. The summed E-state index contributed by atoms with van der Waals surface area (Å²) in [6.45, 7) is 9.15. The van der Waals surface area contributed by atoms with Gasteiger partial charge < -0.3 is 10.2 Å². The van der Waals surface area contributed by atoms with E-state index >= 15 is 0 Å². The molecule has 2 heterocycles. The zero-order valence-corrected chi connectivity index (χ0v) is 12.7. The van der Waals surface area contributed by atoms with Crippen LogP contribution in [0.4, 0.5) is 0 Å². The monoisotopic (exact) mass is 264 g/mol. The van der Waals surface area contributed by atoms with E-state index in [4.69, 9.17) is 0 Å². The molecule has 4 nitrogen and oxygen atoms in total. The molecule has 2 rings (SSSR count). The average molecular weight is 264 g/mol. The van der Waals surface area contributed by atoms with Gasteiger partial charge in [0, 0.05) is 30.9 Å². The van der Waals surface area contributed by atoms with Crippen LogP contribution >= 0.6 is 0 Å². The van der Waals surface area contributed by atoms with Gasteiger partial charge in [-0.05, 0) is 52.2 Å². The molecule has 0 aliphatic carbocycles. The Hall–Kier alpha value is -0.870. The van der Waals surface area contributed by atoms with E-state index in [9.17, 15) is 0 Å². The SMILES string of the molecule is CCCN1CCCC(NCc2cnn(C)c2C)CC1. The van der Waals surface area contributed by atoms with Gasteiger partial charge in [0.2, 0.25) is 0 Å². The van der Waals surface area contributed by atoms with Crippen molar-refractivity contribution in [3.63, 3.8) is 0 Å². The van der Waals surface area contributed by atoms with Crippen molar-refractivity contribution < 1.29 is 0 Å². The van der Waals surface area contributed by atoms with Crippen LogP contribution in [0.25, 0.3) is 0 Å². The van der Waals surface area contributed by atoms with E-state index in [1.807, 2.05) is 17.9 Å². The Morgan fingerprint density at radius 3 is 2.89 bits per heavy atom. The van der Waals surface area contributed by atoms with Crippen molar-refractivity contribution in [2.24, 2.45) is 7.05 Å². The molecule has 1 N–H and O–H groups in total. The van der Waals surface area contributed by atoms with Crippen LogP contribution in [0.1, 0.15) is 43.9 Å². The summed E-state index contributed by atoms with van der Waals surface area (Å²) >= 11 is 0. The molecule has 1 aromatic heterocycles. The number of rotatable bonds is 5. The molecule has 0 bridgehead atoms. The Balaban J connectivity index is 1.78. The van der Waals surface area contributed by atoms with Crippen molar-refractivity contribution in [2.75, 3.05) is 19.6 Å². The molecule has 1 aliphatic rings. The number of hydrogen-bond donors (Lipinski definition) is 1. The summed E-state index contributed by atoms with van der Waals surface area (Å²) in [5.74, 6) is 0. The Morgan fingerprint density at radius 2 is 2.21 bits per heavy atom. The molecule has 0 radical (unpaired) electrons. The minimum atomic E-state index is 0.668. The molecule has 4 heteroatoms. The van der Waals surface area contributed by atoms with Crippen LogP contribution in [0.15, 0.2) is 6.20 Å². The fourth-order valence-corrected chi connectivity index (χ4v) is 2.87. The molecule has 1 fully saturated rings. The van der Waals surface area contributed by atoms with Gasteiger partial charge in [0.25, 0.3) is 0 Å². The van der Waals surface area contributed by atoms with Crippen LogP contribution in [0.5, 0.6) is 0 Å². The van der Waals surface area contributed by atoms with Gasteiger partial charge in [-0.3, -0.25) is 4.68 Å². The number of likely N-dealkylation sites (tertiary alicyclic amines) is 1. The van der Waals surface area contributed by atoms with Crippen LogP contribution < -0.4 is 5.32 Å². The normalized spacial score (nSPS) is 21.5. The lowest BCUT2D eigenvalue weighted by atomic mass is 10.1. The van der Waals surface area contributed by atoms with Gasteiger partial charge in [0.1, 0.15) is 0 Å². The number of nitrogens with zero attached hydrogens (tertiary/aromatic N) is 3. The first-order valence-corrected chi connectivity index (χ1v) is 7.64. The van der Waals surface area contributed by atoms with Crippen LogP contribution in [-0.2, 0) is 13.6 Å². The van der Waals surface area contributed by atoms with Crippen LogP contribution in [0, 0.1) is 6.92 Å². The molecule has 108 valence electrons. The van der Waals surface area contributed by atoms with Crippen molar-refractivity contribution in [1.29, 1.82) is 0 Å². The zero-order valence-electron chi connectivity index (χ0n) is 12.7. The molecule has 0 saturated carbocycles. The van der Waals surface area contributed by atoms with E-state index in [2.05, 4.69) is 29.2 Å². The third-order valence-corrected chi connectivity index (χ3v) is 4.28. The van der Waals surface area contributed by atoms with Crippen LogP contribution in [0.3, 0.4) is 0 Å². The molecule has 19 heavy (non-hydrogen) atoms. The summed E-state index contributed by atoms with van der Waals surface area (Å²) < 4.78 is 1.95. The van der Waals surface area contributed by atoms with Gasteiger partial charge in [-0.25, -0.2) is 0 Å². The maximum Gasteiger partial charge on any atom is 0.0537 e. The first-order valence-electron chi connectivity index (χ1n) is 7.64. The molecule has 1 atom stereocenters. The zero-order chi connectivity index (χ0) is 13.7. The smallest absolute Gasteiger partial charge is 0.0537 e. The van der Waals surface area contributed by atoms with E-state index in [-0.39, 0.29) is 0 Å². The summed E-state index contributed by atoms with van der Waals surface area (Å²) in [6.07, 6.45) is 7.16. The highest BCUT2D eigenvalue weighted by molar-refractivity contribution is 5.15. The van der Waals surface area contributed by atoms with Crippen molar-refractivity contribution in [2.45, 2.75) is 52.1 Å². The molecule has 0 amide bonds. The molecule has 1 aromatic rings. The molecular weight excluding hydrogens is 236 g/mol. The third-order valence-electron chi connectivity index (χ3n) is 4.28. The number of hydrogen-bond acceptors (Lipinski definition) is 3. The minimum Gasteiger partial charge on any atom is -0.310 e. The van der Waals surface area contributed by atoms with E-state index in [1.165, 1.54) is 56.6 Å². The third kappa shape index (κ3) is 4.05. The van der Waals surface area contributed by atoms with Gasteiger partial charge in [-0.1, -0.05) is 6.92 Å². The molecule has 0 spiro atoms. The van der Waals surface area contributed by atoms with Crippen LogP contribution in [-0.4, -0.2) is 40.4 Å². The predicted octanol–water partition coefficient (Wildman–Crippen LogP) is 2.08. The van der Waals surface area contributed by atoms with Gasteiger partial charge in [-0.15, -0.1) is 0 Å². The Kier molecular flexibility index (Phi) is 5.40. The lowest BCUT2D eigenvalue weighted by Crippen LogP contribution is -2.31. The lowest BCUT2D eigenvalue weighted by Gasteiger charge is -2.19. The number of nitrogens with one attached hydrogen (secondary N) is 1. The van der Waals surface area contributed by atoms with E-state index in [0.29, 0.717) is 6.04 Å². The maximum absolute atomic E-state index is 4.30. The van der Waals surface area contributed by atoms with Gasteiger partial charge in [0.05, 0.1) is 6.20 Å². The summed E-state index contributed by atoms with van der Waals surface area (Å²) in [6, 6.07) is 0.668. The highest BCUT2D eigenvalue weighted by Crippen LogP contribution is 2.13. The van der Waals surface area contributed by atoms with Crippen LogP contribution in [0.2, 0.25) is 0 Å². The largest absolute Gasteiger partial charge is 0.310 e. The second kappa shape index (κ2) is 7.06. The molecule has 1 saturated heterocycles. The minimum absolute atomic E-state index is 0.668. The fraction of sp³-hybridized carbons (Fsp3) is 0.800. The second-order valence-corrected chi connectivity index (χ2v) is 5.73. The predicted molar refractivity (Wildman–Crippen MR) is 79.2 cm³/mol. The van der Waals surface area contributed by atoms with Crippen molar-refractivity contribution >= 4 is 0 Å². The Bertz CT molecular complexity index is 385. The highest BCUT2D eigenvalue weighted by Gasteiger charge is 2.16. The first-order chi connectivity index (χ1) is 9.20. The topological polar surface area (TPSA) is 33.1 Å². The Labute approximate surface area is 117 Å². The maximum atomic E-state index is 4.30. The molecule has 1 aliphatic heterocycles. The number of aryl methyl sites for hydroxylation is 1. The van der Waals surface area contributed by atoms with Crippen molar-refractivity contribution in [3.05, 3.63) is 17.5 Å². The standard InChI is InChI=1S/C15H28N4/c1-4-8-19-9-5-6-15(7-10-19)16-11-14-12-17-18(3)13(14)2/h12,15-16H,4-11H2,1-3H3. The van der Waals surface area contributed by atoms with Crippen molar-refractivity contribution in [3.8, 4) is 0 Å². The van der Waals surface area contributed by atoms with E-state index in [1.54, 1.807) is 0 Å². The number of aromatic nitrogens is 2. The summed E-state index contributed by atoms with van der Waals surface area (Å²) in [7, 11) is 2.01. The molecular formula is C15H28N4. The van der Waals surface area contributed by atoms with Gasteiger partial charge in [-0.2, -0.15) is 5.10 Å². The second-order valence-electron chi connectivity index (χ2n) is 5.73. The molecule has 0 aromatic carbocycles. The van der Waals surface area contributed by atoms with Gasteiger partial charge in [0.15, 0.2) is 0 Å². The summed E-state index contributed by atoms with van der Waals surface area (Å²) in [4.78, 5) is 2.61. The quantitative estimate of drug-likeness (QED) is 0.884. The van der Waals surface area contributed by atoms with E-state index < -0.39 is 0 Å². The first kappa shape index (κ1) is 14.5. The summed E-state index contributed by atoms with van der Waals surface area (Å²) in [5, 5.41) is 8.02. The highest BCUT2D eigenvalue weighted by atomic mass is 15.3. The lowest BCUT2D eigenvalue weighted by molar-refractivity contribution is 0.282. The van der Waals surface area contributed by atoms with E-state index in [0.717, 1.165) is 6.54 Å².